The molecular formula is C45H49F2N5O5S. The monoisotopic (exact) mass is 809 g/mol. The highest BCUT2D eigenvalue weighted by molar-refractivity contribution is 7.80. The van der Waals surface area contributed by atoms with Gasteiger partial charge in [0.15, 0.2) is 0 Å². The first-order valence-corrected chi connectivity index (χ1v) is 20.2. The number of nitrogens with two attached hydrogens (primary N) is 1. The fourth-order valence-corrected chi connectivity index (χ4v) is 7.84. The summed E-state index contributed by atoms with van der Waals surface area (Å²) in [6, 6.07) is 18.2. The van der Waals surface area contributed by atoms with Gasteiger partial charge in [0, 0.05) is 97.4 Å². The molecule has 6 rings (SSSR count). The van der Waals surface area contributed by atoms with Crippen LogP contribution < -0.4 is 16.4 Å². The minimum atomic E-state index is -2.65. The molecule has 3 aromatic carbocycles. The highest BCUT2D eigenvalue weighted by Crippen LogP contribution is 2.42. The summed E-state index contributed by atoms with van der Waals surface area (Å²) in [5.41, 5.74) is 12.0. The zero-order valence-electron chi connectivity index (χ0n) is 32.7. The Hall–Kier alpha value is -5.29. The number of carbonyl (C=O) groups excluding carboxylic acids is 4. The van der Waals surface area contributed by atoms with Gasteiger partial charge in [0.1, 0.15) is 11.3 Å². The number of carbonyl (C=O) groups is 4. The van der Waals surface area contributed by atoms with Crippen LogP contribution >= 0.6 is 12.2 Å². The summed E-state index contributed by atoms with van der Waals surface area (Å²) < 4.78 is 36.1. The number of nitrogens with one attached hydrogen (secondary N) is 2. The standard InChI is InChI=1S/C45H49F2N5O5S/c1-51(39-17-18-42(55)50-44(39)56)27-37-30(10-7-13-33(37)29-53)9-3-2-5-23-57-24-6-4-14-41(54)49-34-15-16-36-38(31-11-8-12-32(25-31)43(48)58)28-52(40(36)26-34)35-19-21-45(46,47)22-20-35/h7-8,10-13,15-16,25-26,28-29,35,39H,2,4-6,14,17-24,27H2,1H3,(H2,48,58)(H,49,54)(H,50,55,56). The molecule has 4 aromatic rings. The molecule has 58 heavy (non-hydrogen) atoms. The number of rotatable bonds is 16. The van der Waals surface area contributed by atoms with Gasteiger partial charge in [0.25, 0.3) is 0 Å². The van der Waals surface area contributed by atoms with E-state index in [-0.39, 0.29) is 43.0 Å². The average Bonchev–Trinajstić information content (AvgIpc) is 3.57. The van der Waals surface area contributed by atoms with Crippen molar-refractivity contribution < 1.29 is 32.7 Å². The average molecular weight is 810 g/mol. The number of unbranched alkanes of at least 4 members (excludes halogenated alkanes) is 2. The van der Waals surface area contributed by atoms with Crippen LogP contribution in [0, 0.1) is 11.8 Å². The van der Waals surface area contributed by atoms with Crippen LogP contribution in [0.4, 0.5) is 14.5 Å². The maximum Gasteiger partial charge on any atom is 0.248 e. The second kappa shape index (κ2) is 19.4. The lowest BCUT2D eigenvalue weighted by Gasteiger charge is -2.30. The summed E-state index contributed by atoms with van der Waals surface area (Å²) >= 11 is 5.20. The van der Waals surface area contributed by atoms with Crippen molar-refractivity contribution in [1.82, 2.24) is 14.8 Å². The van der Waals surface area contributed by atoms with Gasteiger partial charge in [-0.3, -0.25) is 29.4 Å². The Labute approximate surface area is 342 Å². The van der Waals surface area contributed by atoms with Crippen molar-refractivity contribution in [3.63, 3.8) is 0 Å². The number of ether oxygens (including phenoxy) is 1. The van der Waals surface area contributed by atoms with E-state index in [1.807, 2.05) is 59.6 Å². The van der Waals surface area contributed by atoms with E-state index in [9.17, 15) is 28.0 Å². The SMILES string of the molecule is CN(Cc1c(C#CCCCOCCCCC(=O)Nc2ccc3c(-c4cccc(C(N)=S)c4)cn(C4CCC(F)(F)CC4)c3c2)cccc1C=O)C1CCC(=O)NC1=O. The number of piperidine rings is 1. The zero-order chi connectivity index (χ0) is 41.2. The quantitative estimate of drug-likeness (QED) is 0.0345. The van der Waals surface area contributed by atoms with E-state index in [2.05, 4.69) is 27.0 Å². The van der Waals surface area contributed by atoms with Crippen molar-refractivity contribution in [3.05, 3.63) is 89.1 Å². The lowest BCUT2D eigenvalue weighted by molar-refractivity contribution is -0.137. The molecule has 13 heteroatoms. The van der Waals surface area contributed by atoms with Crippen molar-refractivity contribution in [1.29, 1.82) is 0 Å². The molecule has 0 bridgehead atoms. The van der Waals surface area contributed by atoms with E-state index in [0.717, 1.165) is 45.0 Å². The number of hydrogen-bond donors (Lipinski definition) is 3. The number of nitrogens with zero attached hydrogens (tertiary/aromatic N) is 2. The largest absolute Gasteiger partial charge is 0.389 e. The van der Waals surface area contributed by atoms with Crippen LogP contribution in [-0.4, -0.2) is 70.7 Å². The van der Waals surface area contributed by atoms with Crippen molar-refractivity contribution in [3.8, 4) is 23.0 Å². The number of hydrogen-bond acceptors (Lipinski definition) is 7. The summed E-state index contributed by atoms with van der Waals surface area (Å²) in [5, 5.41) is 6.35. The molecule has 1 unspecified atom stereocenters. The molecule has 3 amide bonds. The van der Waals surface area contributed by atoms with Gasteiger partial charge in [0.05, 0.1) is 11.6 Å². The second-order valence-electron chi connectivity index (χ2n) is 15.1. The van der Waals surface area contributed by atoms with E-state index in [1.54, 1.807) is 19.2 Å². The summed E-state index contributed by atoms with van der Waals surface area (Å²) in [7, 11) is 1.80. The maximum absolute atomic E-state index is 14.1. The fraction of sp³-hybridized carbons (Fsp3) is 0.400. The van der Waals surface area contributed by atoms with Crippen LogP contribution in [0.2, 0.25) is 0 Å². The van der Waals surface area contributed by atoms with Crippen molar-refractivity contribution in [2.24, 2.45) is 5.73 Å². The summed E-state index contributed by atoms with van der Waals surface area (Å²) in [6.07, 6.45) is 6.90. The van der Waals surface area contributed by atoms with Crippen LogP contribution in [0.3, 0.4) is 0 Å². The van der Waals surface area contributed by atoms with Crippen LogP contribution in [0.1, 0.15) is 104 Å². The third kappa shape index (κ3) is 10.8. The third-order valence-electron chi connectivity index (χ3n) is 10.9. The first-order valence-electron chi connectivity index (χ1n) is 19.8. The Kier molecular flexibility index (Phi) is 14.2. The molecule has 1 saturated carbocycles. The zero-order valence-corrected chi connectivity index (χ0v) is 33.5. The van der Waals surface area contributed by atoms with E-state index in [4.69, 9.17) is 22.7 Å². The normalized spacial score (nSPS) is 16.8. The maximum atomic E-state index is 14.1. The Morgan fingerprint density at radius 1 is 1.07 bits per heavy atom. The Morgan fingerprint density at radius 3 is 2.60 bits per heavy atom. The van der Waals surface area contributed by atoms with Crippen LogP contribution in [0.25, 0.3) is 22.0 Å². The number of anilines is 1. The molecule has 1 aliphatic heterocycles. The van der Waals surface area contributed by atoms with Crippen molar-refractivity contribution in [2.45, 2.75) is 95.2 Å². The molecule has 2 fully saturated rings. The molecule has 1 atom stereocenters. The number of aldehydes is 1. The number of likely N-dealkylation sites (N-methyl/N-ethyl adjacent to an activating group) is 1. The molecule has 1 aromatic heterocycles. The summed E-state index contributed by atoms with van der Waals surface area (Å²) in [5.74, 6) is 2.98. The molecular weight excluding hydrogens is 761 g/mol. The van der Waals surface area contributed by atoms with E-state index in [0.29, 0.717) is 87.4 Å². The fourth-order valence-electron chi connectivity index (χ4n) is 7.71. The number of aromatic nitrogens is 1. The van der Waals surface area contributed by atoms with Crippen LogP contribution in [-0.2, 0) is 25.7 Å². The third-order valence-corrected chi connectivity index (χ3v) is 11.1. The molecule has 10 nitrogen and oxygen atoms in total. The number of thiocarbonyl (C=S) groups is 1. The topological polar surface area (TPSA) is 136 Å². The summed E-state index contributed by atoms with van der Waals surface area (Å²) in [4.78, 5) is 50.8. The van der Waals surface area contributed by atoms with Crippen molar-refractivity contribution >= 4 is 57.8 Å². The van der Waals surface area contributed by atoms with E-state index in [1.165, 1.54) is 0 Å². The van der Waals surface area contributed by atoms with Crippen LogP contribution in [0.15, 0.2) is 66.9 Å². The lowest BCUT2D eigenvalue weighted by Crippen LogP contribution is -2.51. The smallest absolute Gasteiger partial charge is 0.248 e. The van der Waals surface area contributed by atoms with Gasteiger partial charge in [-0.05, 0) is 81.0 Å². The van der Waals surface area contributed by atoms with Gasteiger partial charge in [-0.1, -0.05) is 60.5 Å². The predicted octanol–water partition coefficient (Wildman–Crippen LogP) is 7.70. The lowest BCUT2D eigenvalue weighted by atomic mass is 9.92. The van der Waals surface area contributed by atoms with Gasteiger partial charge < -0.3 is 20.4 Å². The minimum absolute atomic E-state index is 0.0909. The molecule has 0 spiro atoms. The Balaban J connectivity index is 0.967. The molecule has 0 radical (unpaired) electrons. The van der Waals surface area contributed by atoms with Crippen molar-refractivity contribution in [2.75, 3.05) is 25.6 Å². The number of amides is 3. The molecule has 4 N–H and O–H groups in total. The number of imide groups is 1. The van der Waals surface area contributed by atoms with Gasteiger partial charge >= 0.3 is 0 Å². The number of halogens is 2. The van der Waals surface area contributed by atoms with Gasteiger partial charge in [-0.2, -0.15) is 0 Å². The van der Waals surface area contributed by atoms with E-state index < -0.39 is 12.0 Å². The molecule has 2 heterocycles. The molecule has 2 aliphatic rings. The molecule has 1 saturated heterocycles. The summed E-state index contributed by atoms with van der Waals surface area (Å²) in [6.45, 7) is 1.37. The second-order valence-corrected chi connectivity index (χ2v) is 15.6. The van der Waals surface area contributed by atoms with E-state index >= 15 is 0 Å². The predicted molar refractivity (Wildman–Crippen MR) is 225 cm³/mol. The first-order chi connectivity index (χ1) is 27.9. The Morgan fingerprint density at radius 2 is 1.84 bits per heavy atom. The number of alkyl halides is 2. The Bertz CT molecular complexity index is 2230. The number of fused-ring (bicyclic) bond motifs is 1. The highest BCUT2D eigenvalue weighted by Gasteiger charge is 2.36. The molecule has 1 aliphatic carbocycles. The van der Waals surface area contributed by atoms with Crippen LogP contribution in [0.5, 0.6) is 0 Å². The first kappa shape index (κ1) is 42.3. The van der Waals surface area contributed by atoms with Gasteiger partial charge in [-0.25, -0.2) is 8.78 Å². The number of benzene rings is 3. The molecule has 304 valence electrons. The highest BCUT2D eigenvalue weighted by atomic mass is 32.1. The minimum Gasteiger partial charge on any atom is -0.389 e. The van der Waals surface area contributed by atoms with Gasteiger partial charge in [-0.15, -0.1) is 0 Å². The van der Waals surface area contributed by atoms with Gasteiger partial charge in [0.2, 0.25) is 23.6 Å².